The maximum atomic E-state index is 6.02. The number of nitrogens with two attached hydrogens (primary N) is 1. The lowest BCUT2D eigenvalue weighted by Crippen LogP contribution is -2.42. The lowest BCUT2D eigenvalue weighted by atomic mass is 10.2. The minimum absolute atomic E-state index is 0.301. The van der Waals surface area contributed by atoms with Gasteiger partial charge in [-0.1, -0.05) is 6.07 Å². The Morgan fingerprint density at radius 2 is 2.05 bits per heavy atom. The van der Waals surface area contributed by atoms with Crippen molar-refractivity contribution in [2.24, 2.45) is 10.7 Å². The zero-order valence-electron chi connectivity index (χ0n) is 10.7. The first kappa shape index (κ1) is 12.5. The maximum absolute atomic E-state index is 6.02. The predicted octanol–water partition coefficient (Wildman–Crippen LogP) is 1.28. The minimum atomic E-state index is 0.301. The Hall–Kier alpha value is -1.56. The standard InChI is InChI=1S/C13H17N3O2S/c14-13(16-3-5-19-6-4-16)15-8-10-1-2-11-12(7-10)18-9-17-11/h1-2,7H,3-6,8-9H2,(H2,14,15). The third kappa shape index (κ3) is 2.89. The van der Waals surface area contributed by atoms with E-state index in [2.05, 4.69) is 9.89 Å². The summed E-state index contributed by atoms with van der Waals surface area (Å²) in [5, 5.41) is 0. The van der Waals surface area contributed by atoms with Gasteiger partial charge in [-0.2, -0.15) is 11.8 Å². The van der Waals surface area contributed by atoms with E-state index < -0.39 is 0 Å². The molecule has 1 fully saturated rings. The molecule has 1 aromatic carbocycles. The van der Waals surface area contributed by atoms with Crippen LogP contribution in [0, 0.1) is 0 Å². The molecule has 1 aromatic rings. The molecule has 0 amide bonds. The van der Waals surface area contributed by atoms with Gasteiger partial charge in [-0.05, 0) is 17.7 Å². The van der Waals surface area contributed by atoms with Gasteiger partial charge in [-0.3, -0.25) is 0 Å². The highest BCUT2D eigenvalue weighted by Crippen LogP contribution is 2.32. The van der Waals surface area contributed by atoms with E-state index in [-0.39, 0.29) is 0 Å². The molecule has 19 heavy (non-hydrogen) atoms. The normalized spacial score (nSPS) is 18.7. The van der Waals surface area contributed by atoms with Gasteiger partial charge in [0.2, 0.25) is 6.79 Å². The number of rotatable bonds is 2. The first-order valence-corrected chi connectivity index (χ1v) is 7.49. The fourth-order valence-corrected chi connectivity index (χ4v) is 3.01. The third-order valence-electron chi connectivity index (χ3n) is 3.20. The molecule has 0 bridgehead atoms. The molecule has 2 aliphatic heterocycles. The van der Waals surface area contributed by atoms with E-state index in [1.54, 1.807) is 0 Å². The van der Waals surface area contributed by atoms with Gasteiger partial charge in [0, 0.05) is 24.6 Å². The Morgan fingerprint density at radius 1 is 1.26 bits per heavy atom. The van der Waals surface area contributed by atoms with E-state index in [4.69, 9.17) is 15.2 Å². The van der Waals surface area contributed by atoms with Gasteiger partial charge in [0.05, 0.1) is 6.54 Å². The summed E-state index contributed by atoms with van der Waals surface area (Å²) in [5.74, 6) is 4.48. The number of benzene rings is 1. The van der Waals surface area contributed by atoms with Gasteiger partial charge in [0.1, 0.15) is 0 Å². The lowest BCUT2D eigenvalue weighted by molar-refractivity contribution is 0.174. The molecule has 2 heterocycles. The molecule has 0 saturated carbocycles. The summed E-state index contributed by atoms with van der Waals surface area (Å²) in [6.45, 7) is 2.85. The second-order valence-electron chi connectivity index (χ2n) is 4.46. The molecular weight excluding hydrogens is 262 g/mol. The number of aliphatic imine (C=N–C) groups is 1. The molecule has 3 rings (SSSR count). The topological polar surface area (TPSA) is 60.1 Å². The second-order valence-corrected chi connectivity index (χ2v) is 5.69. The van der Waals surface area contributed by atoms with Crippen molar-refractivity contribution in [3.8, 4) is 11.5 Å². The molecule has 2 N–H and O–H groups in total. The van der Waals surface area contributed by atoms with Crippen LogP contribution in [-0.4, -0.2) is 42.2 Å². The summed E-state index contributed by atoms with van der Waals surface area (Å²) in [6, 6.07) is 5.88. The molecule has 5 nitrogen and oxygen atoms in total. The van der Waals surface area contributed by atoms with Crippen LogP contribution >= 0.6 is 11.8 Å². The van der Waals surface area contributed by atoms with Crippen LogP contribution in [-0.2, 0) is 6.54 Å². The summed E-state index contributed by atoms with van der Waals surface area (Å²) >= 11 is 1.96. The average molecular weight is 279 g/mol. The number of ether oxygens (including phenoxy) is 2. The number of nitrogens with zero attached hydrogens (tertiary/aromatic N) is 2. The maximum Gasteiger partial charge on any atom is 0.231 e. The first-order chi connectivity index (χ1) is 9.33. The Balaban J connectivity index is 1.64. The van der Waals surface area contributed by atoms with Crippen molar-refractivity contribution in [1.29, 1.82) is 0 Å². The quantitative estimate of drug-likeness (QED) is 0.653. The Kier molecular flexibility index (Phi) is 3.68. The van der Waals surface area contributed by atoms with Gasteiger partial charge in [0.25, 0.3) is 0 Å². The Morgan fingerprint density at radius 3 is 2.89 bits per heavy atom. The van der Waals surface area contributed by atoms with Gasteiger partial charge < -0.3 is 20.1 Å². The van der Waals surface area contributed by atoms with Crippen molar-refractivity contribution in [2.75, 3.05) is 31.4 Å². The first-order valence-electron chi connectivity index (χ1n) is 6.34. The molecule has 0 aromatic heterocycles. The predicted molar refractivity (Wildman–Crippen MR) is 76.8 cm³/mol. The van der Waals surface area contributed by atoms with Crippen LogP contribution in [0.5, 0.6) is 11.5 Å². The molecular formula is C13H17N3O2S. The van der Waals surface area contributed by atoms with E-state index >= 15 is 0 Å². The number of hydrogen-bond donors (Lipinski definition) is 1. The zero-order valence-corrected chi connectivity index (χ0v) is 11.5. The summed E-state index contributed by atoms with van der Waals surface area (Å²) in [4.78, 5) is 6.60. The highest BCUT2D eigenvalue weighted by Gasteiger charge is 2.14. The van der Waals surface area contributed by atoms with E-state index in [0.717, 1.165) is 41.7 Å². The fraction of sp³-hybridized carbons (Fsp3) is 0.462. The van der Waals surface area contributed by atoms with Crippen molar-refractivity contribution >= 4 is 17.7 Å². The number of guanidine groups is 1. The Bertz CT molecular complexity index is 487. The highest BCUT2D eigenvalue weighted by atomic mass is 32.2. The monoisotopic (exact) mass is 279 g/mol. The summed E-state index contributed by atoms with van der Waals surface area (Å²) in [7, 11) is 0. The summed E-state index contributed by atoms with van der Waals surface area (Å²) < 4.78 is 10.6. The smallest absolute Gasteiger partial charge is 0.231 e. The molecule has 0 unspecified atom stereocenters. The van der Waals surface area contributed by atoms with Gasteiger partial charge in [0.15, 0.2) is 17.5 Å². The Labute approximate surface area is 116 Å². The van der Waals surface area contributed by atoms with Crippen molar-refractivity contribution < 1.29 is 9.47 Å². The van der Waals surface area contributed by atoms with Crippen LogP contribution in [0.15, 0.2) is 23.2 Å². The number of thioether (sulfide) groups is 1. The molecule has 6 heteroatoms. The van der Waals surface area contributed by atoms with Crippen LogP contribution in [0.3, 0.4) is 0 Å². The average Bonchev–Trinajstić information content (AvgIpc) is 2.93. The second kappa shape index (κ2) is 5.61. The molecule has 0 spiro atoms. The minimum Gasteiger partial charge on any atom is -0.454 e. The zero-order chi connectivity index (χ0) is 13.1. The van der Waals surface area contributed by atoms with Crippen molar-refractivity contribution in [3.63, 3.8) is 0 Å². The van der Waals surface area contributed by atoms with E-state index in [0.29, 0.717) is 19.3 Å². The van der Waals surface area contributed by atoms with Crippen molar-refractivity contribution in [2.45, 2.75) is 6.54 Å². The van der Waals surface area contributed by atoms with E-state index in [1.807, 2.05) is 30.0 Å². The van der Waals surface area contributed by atoms with Crippen LogP contribution in [0.4, 0.5) is 0 Å². The van der Waals surface area contributed by atoms with Gasteiger partial charge in [-0.15, -0.1) is 0 Å². The van der Waals surface area contributed by atoms with Crippen molar-refractivity contribution in [1.82, 2.24) is 4.90 Å². The van der Waals surface area contributed by atoms with Gasteiger partial charge >= 0.3 is 0 Å². The number of hydrogen-bond acceptors (Lipinski definition) is 4. The van der Waals surface area contributed by atoms with E-state index in [1.165, 1.54) is 0 Å². The lowest BCUT2D eigenvalue weighted by Gasteiger charge is -2.27. The number of fused-ring (bicyclic) bond motifs is 1. The highest BCUT2D eigenvalue weighted by molar-refractivity contribution is 7.99. The van der Waals surface area contributed by atoms with Crippen LogP contribution < -0.4 is 15.2 Å². The van der Waals surface area contributed by atoms with Crippen LogP contribution in [0.1, 0.15) is 5.56 Å². The molecule has 0 atom stereocenters. The van der Waals surface area contributed by atoms with E-state index in [9.17, 15) is 0 Å². The largest absolute Gasteiger partial charge is 0.454 e. The summed E-state index contributed by atoms with van der Waals surface area (Å²) in [5.41, 5.74) is 7.10. The van der Waals surface area contributed by atoms with Crippen LogP contribution in [0.2, 0.25) is 0 Å². The molecule has 0 aliphatic carbocycles. The molecule has 0 radical (unpaired) electrons. The SMILES string of the molecule is NC(=NCc1ccc2c(c1)OCO2)N1CCSCC1. The van der Waals surface area contributed by atoms with Crippen molar-refractivity contribution in [3.05, 3.63) is 23.8 Å². The molecule has 102 valence electrons. The summed E-state index contributed by atoms with van der Waals surface area (Å²) in [6.07, 6.45) is 0. The fourth-order valence-electron chi connectivity index (χ4n) is 2.10. The molecule has 2 aliphatic rings. The van der Waals surface area contributed by atoms with Gasteiger partial charge in [-0.25, -0.2) is 4.99 Å². The van der Waals surface area contributed by atoms with Crippen LogP contribution in [0.25, 0.3) is 0 Å². The third-order valence-corrected chi connectivity index (χ3v) is 4.14. The molecule has 1 saturated heterocycles.